The van der Waals surface area contributed by atoms with Crippen LogP contribution in [0.5, 0.6) is 0 Å². The van der Waals surface area contributed by atoms with E-state index in [-0.39, 0.29) is 23.0 Å². The summed E-state index contributed by atoms with van der Waals surface area (Å²) in [5, 5.41) is 8.61. The molecule has 0 spiro atoms. The van der Waals surface area contributed by atoms with Crippen molar-refractivity contribution in [3.8, 4) is 0 Å². The first kappa shape index (κ1) is 23.8. The highest BCUT2D eigenvalue weighted by atomic mass is 16.5. The third kappa shape index (κ3) is 13.8. The van der Waals surface area contributed by atoms with E-state index in [2.05, 4.69) is 16.0 Å². The van der Waals surface area contributed by atoms with Crippen LogP contribution < -0.4 is 16.0 Å². The lowest BCUT2D eigenvalue weighted by atomic mass is 9.99. The molecular formula is C18H37N3O4. The Bertz CT molecular complexity index is 398. The van der Waals surface area contributed by atoms with Crippen LogP contribution in [0.15, 0.2) is 0 Å². The molecule has 0 saturated heterocycles. The van der Waals surface area contributed by atoms with Gasteiger partial charge in [0, 0.05) is 38.6 Å². The van der Waals surface area contributed by atoms with E-state index in [1.165, 1.54) is 0 Å². The maximum atomic E-state index is 12.0. The number of carbonyl (C=O) groups is 2. The minimum absolute atomic E-state index is 0.0150. The second-order valence-electron chi connectivity index (χ2n) is 7.43. The third-order valence-corrected chi connectivity index (χ3v) is 3.90. The van der Waals surface area contributed by atoms with Crippen LogP contribution in [-0.4, -0.2) is 63.4 Å². The van der Waals surface area contributed by atoms with Crippen LogP contribution in [0.2, 0.25) is 0 Å². The van der Waals surface area contributed by atoms with Crippen molar-refractivity contribution >= 4 is 11.8 Å². The molecule has 0 rings (SSSR count). The van der Waals surface area contributed by atoms with Crippen molar-refractivity contribution in [1.82, 2.24) is 16.0 Å². The molecule has 2 amide bonds. The SMILES string of the molecule is CNCCOCCC(=O)NC(C)(C)CCOC(C)(C)CCC(=O)NC. The Hall–Kier alpha value is -1.18. The van der Waals surface area contributed by atoms with E-state index in [4.69, 9.17) is 9.47 Å². The summed E-state index contributed by atoms with van der Waals surface area (Å²) < 4.78 is 11.3. The Morgan fingerprint density at radius 3 is 2.16 bits per heavy atom. The highest BCUT2D eigenvalue weighted by Crippen LogP contribution is 2.19. The normalized spacial score (nSPS) is 12.1. The van der Waals surface area contributed by atoms with Gasteiger partial charge < -0.3 is 25.4 Å². The molecule has 0 atom stereocenters. The van der Waals surface area contributed by atoms with Gasteiger partial charge in [0.05, 0.1) is 18.8 Å². The van der Waals surface area contributed by atoms with Gasteiger partial charge in [-0.3, -0.25) is 9.59 Å². The minimum Gasteiger partial charge on any atom is -0.380 e. The van der Waals surface area contributed by atoms with Crippen LogP contribution in [0.1, 0.15) is 53.4 Å². The van der Waals surface area contributed by atoms with Crippen LogP contribution in [0.4, 0.5) is 0 Å². The first-order valence-corrected chi connectivity index (χ1v) is 9.00. The molecule has 0 fully saturated rings. The van der Waals surface area contributed by atoms with E-state index in [0.29, 0.717) is 45.5 Å². The van der Waals surface area contributed by atoms with Crippen LogP contribution in [0.3, 0.4) is 0 Å². The van der Waals surface area contributed by atoms with Crippen LogP contribution in [-0.2, 0) is 19.1 Å². The molecule has 0 saturated carbocycles. The largest absolute Gasteiger partial charge is 0.380 e. The molecular weight excluding hydrogens is 322 g/mol. The van der Waals surface area contributed by atoms with E-state index >= 15 is 0 Å². The van der Waals surface area contributed by atoms with Gasteiger partial charge in [-0.25, -0.2) is 0 Å². The fourth-order valence-electron chi connectivity index (χ4n) is 2.14. The number of hydrogen-bond donors (Lipinski definition) is 3. The Morgan fingerprint density at radius 2 is 1.56 bits per heavy atom. The molecule has 0 radical (unpaired) electrons. The molecule has 0 heterocycles. The van der Waals surface area contributed by atoms with Crippen LogP contribution in [0, 0.1) is 0 Å². The summed E-state index contributed by atoms with van der Waals surface area (Å²) in [6, 6.07) is 0. The first-order chi connectivity index (χ1) is 11.6. The molecule has 0 aromatic carbocycles. The Kier molecular flexibility index (Phi) is 11.6. The number of ether oxygens (including phenoxy) is 2. The monoisotopic (exact) mass is 359 g/mol. The van der Waals surface area contributed by atoms with Crippen molar-refractivity contribution in [1.29, 1.82) is 0 Å². The third-order valence-electron chi connectivity index (χ3n) is 3.90. The smallest absolute Gasteiger partial charge is 0.222 e. The fraction of sp³-hybridized carbons (Fsp3) is 0.889. The maximum absolute atomic E-state index is 12.0. The van der Waals surface area contributed by atoms with E-state index in [1.807, 2.05) is 34.7 Å². The van der Waals surface area contributed by atoms with Crippen molar-refractivity contribution < 1.29 is 19.1 Å². The summed E-state index contributed by atoms with van der Waals surface area (Å²) in [4.78, 5) is 23.3. The Labute approximate surface area is 152 Å². The molecule has 0 aromatic rings. The van der Waals surface area contributed by atoms with Gasteiger partial charge in [0.25, 0.3) is 0 Å². The lowest BCUT2D eigenvalue weighted by molar-refractivity contribution is -0.125. The molecule has 148 valence electrons. The summed E-state index contributed by atoms with van der Waals surface area (Å²) >= 11 is 0. The van der Waals surface area contributed by atoms with Gasteiger partial charge in [-0.2, -0.15) is 0 Å². The van der Waals surface area contributed by atoms with Gasteiger partial charge in [0.1, 0.15) is 0 Å². The molecule has 0 aromatic heterocycles. The van der Waals surface area contributed by atoms with Gasteiger partial charge in [0.2, 0.25) is 11.8 Å². The average molecular weight is 360 g/mol. The summed E-state index contributed by atoms with van der Waals surface area (Å²) in [7, 11) is 3.49. The zero-order chi connectivity index (χ0) is 19.3. The van der Waals surface area contributed by atoms with Crippen LogP contribution in [0.25, 0.3) is 0 Å². The van der Waals surface area contributed by atoms with Crippen molar-refractivity contribution in [3.05, 3.63) is 0 Å². The zero-order valence-corrected chi connectivity index (χ0v) is 16.8. The summed E-state index contributed by atoms with van der Waals surface area (Å²) in [6.07, 6.45) is 2.15. The zero-order valence-electron chi connectivity index (χ0n) is 16.8. The van der Waals surface area contributed by atoms with Gasteiger partial charge in [-0.1, -0.05) is 0 Å². The van der Waals surface area contributed by atoms with E-state index < -0.39 is 0 Å². The lowest BCUT2D eigenvalue weighted by Gasteiger charge is -2.30. The number of rotatable bonds is 14. The number of nitrogens with one attached hydrogen (secondary N) is 3. The number of carbonyl (C=O) groups excluding carboxylic acids is 2. The summed E-state index contributed by atoms with van der Waals surface area (Å²) in [6.45, 7) is 10.2. The number of amides is 2. The Morgan fingerprint density at radius 1 is 0.880 bits per heavy atom. The minimum atomic E-state index is -0.367. The molecule has 0 unspecified atom stereocenters. The van der Waals surface area contributed by atoms with Crippen molar-refractivity contribution in [2.24, 2.45) is 0 Å². The van der Waals surface area contributed by atoms with E-state index in [1.54, 1.807) is 7.05 Å². The lowest BCUT2D eigenvalue weighted by Crippen LogP contribution is -2.45. The molecule has 7 nitrogen and oxygen atoms in total. The molecule has 0 aliphatic carbocycles. The average Bonchev–Trinajstić information content (AvgIpc) is 2.51. The number of hydrogen-bond acceptors (Lipinski definition) is 5. The van der Waals surface area contributed by atoms with Gasteiger partial charge in [0.15, 0.2) is 0 Å². The predicted molar refractivity (Wildman–Crippen MR) is 99.5 cm³/mol. The van der Waals surface area contributed by atoms with Crippen molar-refractivity contribution in [2.75, 3.05) is 40.5 Å². The highest BCUT2D eigenvalue weighted by molar-refractivity contribution is 5.76. The Balaban J connectivity index is 4.01. The summed E-state index contributed by atoms with van der Waals surface area (Å²) in [5.74, 6) is -0.00506. The quantitative estimate of drug-likeness (QED) is 0.406. The number of likely N-dealkylation sites (N-methyl/N-ethyl adjacent to an activating group) is 1. The highest BCUT2D eigenvalue weighted by Gasteiger charge is 2.24. The molecule has 3 N–H and O–H groups in total. The van der Waals surface area contributed by atoms with Gasteiger partial charge >= 0.3 is 0 Å². The molecule has 7 heteroatoms. The maximum Gasteiger partial charge on any atom is 0.222 e. The van der Waals surface area contributed by atoms with E-state index in [0.717, 1.165) is 6.54 Å². The molecule has 25 heavy (non-hydrogen) atoms. The molecule has 0 aliphatic rings. The summed E-state index contributed by atoms with van der Waals surface area (Å²) in [5.41, 5.74) is -0.716. The molecule has 0 bridgehead atoms. The standard InChI is InChI=1S/C18H37N3O4/c1-17(2,21-16(23)8-12-24-14-11-19-5)10-13-25-18(3,4)9-7-15(22)20-6/h19H,7-14H2,1-6H3,(H,20,22)(H,21,23). The van der Waals surface area contributed by atoms with Crippen molar-refractivity contribution in [3.63, 3.8) is 0 Å². The second kappa shape index (κ2) is 12.2. The fourth-order valence-corrected chi connectivity index (χ4v) is 2.14. The predicted octanol–water partition coefficient (Wildman–Crippen LogP) is 1.22. The second-order valence-corrected chi connectivity index (χ2v) is 7.43. The van der Waals surface area contributed by atoms with E-state index in [9.17, 15) is 9.59 Å². The first-order valence-electron chi connectivity index (χ1n) is 9.00. The topological polar surface area (TPSA) is 88.7 Å². The van der Waals surface area contributed by atoms with Crippen molar-refractivity contribution in [2.45, 2.75) is 64.5 Å². The van der Waals surface area contributed by atoms with Crippen LogP contribution >= 0.6 is 0 Å². The van der Waals surface area contributed by atoms with Gasteiger partial charge in [-0.05, 0) is 47.6 Å². The van der Waals surface area contributed by atoms with Gasteiger partial charge in [-0.15, -0.1) is 0 Å². The molecule has 0 aliphatic heterocycles.